The smallest absolute Gasteiger partial charge is 0.0628 e. The summed E-state index contributed by atoms with van der Waals surface area (Å²) in [4.78, 5) is 0. The van der Waals surface area contributed by atoms with Crippen LogP contribution in [0.2, 0.25) is 0 Å². The van der Waals surface area contributed by atoms with Gasteiger partial charge in [0.05, 0.1) is 5.69 Å². The first-order chi connectivity index (χ1) is 8.60. The summed E-state index contributed by atoms with van der Waals surface area (Å²) < 4.78 is 7.08. The maximum absolute atomic E-state index is 5.10. The van der Waals surface area contributed by atoms with Crippen LogP contribution >= 0.6 is 0 Å². The van der Waals surface area contributed by atoms with E-state index in [4.69, 9.17) is 4.74 Å². The fourth-order valence-corrected chi connectivity index (χ4v) is 2.40. The SMILES string of the molecule is CNC(CCCOC)CCc1c(C)nn(C)c1C. The lowest BCUT2D eigenvalue weighted by Crippen LogP contribution is -2.26. The second-order valence-electron chi connectivity index (χ2n) is 4.93. The van der Waals surface area contributed by atoms with E-state index in [0.29, 0.717) is 6.04 Å². The van der Waals surface area contributed by atoms with Gasteiger partial charge in [-0.25, -0.2) is 0 Å². The molecule has 1 unspecified atom stereocenters. The highest BCUT2D eigenvalue weighted by Crippen LogP contribution is 2.16. The van der Waals surface area contributed by atoms with E-state index in [1.165, 1.54) is 23.4 Å². The fraction of sp³-hybridized carbons (Fsp3) is 0.786. The van der Waals surface area contributed by atoms with Crippen molar-refractivity contribution in [2.75, 3.05) is 20.8 Å². The quantitative estimate of drug-likeness (QED) is 0.720. The standard InChI is InChI=1S/C14H27N3O/c1-11-14(12(2)17(4)16-11)9-8-13(15-3)7-6-10-18-5/h13,15H,6-10H2,1-5H3. The van der Waals surface area contributed by atoms with Crippen LogP contribution in [-0.4, -0.2) is 36.6 Å². The molecule has 0 aliphatic carbocycles. The molecule has 0 spiro atoms. The van der Waals surface area contributed by atoms with Crippen LogP contribution in [-0.2, 0) is 18.2 Å². The van der Waals surface area contributed by atoms with Crippen molar-refractivity contribution in [3.63, 3.8) is 0 Å². The first kappa shape index (κ1) is 15.2. The normalized spacial score (nSPS) is 12.9. The Balaban J connectivity index is 2.46. The third-order valence-corrected chi connectivity index (χ3v) is 3.71. The minimum atomic E-state index is 0.569. The van der Waals surface area contributed by atoms with Crippen molar-refractivity contribution in [3.8, 4) is 0 Å². The van der Waals surface area contributed by atoms with E-state index in [0.717, 1.165) is 25.9 Å². The zero-order chi connectivity index (χ0) is 13.5. The van der Waals surface area contributed by atoms with Gasteiger partial charge < -0.3 is 10.1 Å². The topological polar surface area (TPSA) is 39.1 Å². The molecule has 0 bridgehead atoms. The average molecular weight is 253 g/mol. The molecule has 0 fully saturated rings. The first-order valence-electron chi connectivity index (χ1n) is 6.75. The summed E-state index contributed by atoms with van der Waals surface area (Å²) in [5.74, 6) is 0. The van der Waals surface area contributed by atoms with Crippen molar-refractivity contribution in [1.82, 2.24) is 15.1 Å². The Bertz CT molecular complexity index is 360. The second-order valence-corrected chi connectivity index (χ2v) is 4.93. The van der Waals surface area contributed by atoms with E-state index >= 15 is 0 Å². The maximum Gasteiger partial charge on any atom is 0.0628 e. The van der Waals surface area contributed by atoms with E-state index < -0.39 is 0 Å². The Morgan fingerprint density at radius 1 is 1.33 bits per heavy atom. The number of aryl methyl sites for hydroxylation is 2. The van der Waals surface area contributed by atoms with Gasteiger partial charge in [0.1, 0.15) is 0 Å². The zero-order valence-corrected chi connectivity index (χ0v) is 12.4. The van der Waals surface area contributed by atoms with Crippen molar-refractivity contribution >= 4 is 0 Å². The molecule has 1 aromatic rings. The van der Waals surface area contributed by atoms with Crippen molar-refractivity contribution in [2.45, 2.75) is 45.6 Å². The Morgan fingerprint density at radius 2 is 2.06 bits per heavy atom. The van der Waals surface area contributed by atoms with E-state index in [1.807, 2.05) is 18.8 Å². The number of rotatable bonds is 8. The van der Waals surface area contributed by atoms with Crippen molar-refractivity contribution in [1.29, 1.82) is 0 Å². The molecule has 0 aliphatic rings. The van der Waals surface area contributed by atoms with Crippen LogP contribution < -0.4 is 5.32 Å². The van der Waals surface area contributed by atoms with Gasteiger partial charge in [-0.1, -0.05) is 0 Å². The number of hydrogen-bond donors (Lipinski definition) is 1. The predicted octanol–water partition coefficient (Wildman–Crippen LogP) is 1.98. The third kappa shape index (κ3) is 4.10. The minimum Gasteiger partial charge on any atom is -0.385 e. The molecular formula is C14H27N3O. The summed E-state index contributed by atoms with van der Waals surface area (Å²) >= 11 is 0. The van der Waals surface area contributed by atoms with Crippen molar-refractivity contribution < 1.29 is 4.74 Å². The highest BCUT2D eigenvalue weighted by molar-refractivity contribution is 5.24. The van der Waals surface area contributed by atoms with E-state index in [-0.39, 0.29) is 0 Å². The number of hydrogen-bond acceptors (Lipinski definition) is 3. The number of methoxy groups -OCH3 is 1. The monoisotopic (exact) mass is 253 g/mol. The average Bonchev–Trinajstić information content (AvgIpc) is 2.59. The van der Waals surface area contributed by atoms with Gasteiger partial charge in [-0.15, -0.1) is 0 Å². The molecule has 0 aliphatic heterocycles. The van der Waals surface area contributed by atoms with Crippen LogP contribution in [0.5, 0.6) is 0 Å². The molecule has 4 nitrogen and oxygen atoms in total. The molecule has 1 N–H and O–H groups in total. The van der Waals surface area contributed by atoms with Gasteiger partial charge in [-0.2, -0.15) is 5.10 Å². The van der Waals surface area contributed by atoms with E-state index in [9.17, 15) is 0 Å². The van der Waals surface area contributed by atoms with Gasteiger partial charge in [-0.3, -0.25) is 4.68 Å². The number of nitrogens with one attached hydrogen (secondary N) is 1. The summed E-state index contributed by atoms with van der Waals surface area (Å²) in [6.45, 7) is 5.10. The Labute approximate surface area is 111 Å². The zero-order valence-electron chi connectivity index (χ0n) is 12.4. The molecule has 0 aromatic carbocycles. The van der Waals surface area contributed by atoms with Crippen molar-refractivity contribution in [2.24, 2.45) is 7.05 Å². The minimum absolute atomic E-state index is 0.569. The van der Waals surface area contributed by atoms with Crippen LogP contribution in [0.4, 0.5) is 0 Å². The molecule has 1 rings (SSSR count). The lowest BCUT2D eigenvalue weighted by molar-refractivity contribution is 0.188. The molecule has 18 heavy (non-hydrogen) atoms. The largest absolute Gasteiger partial charge is 0.385 e. The van der Waals surface area contributed by atoms with Crippen LogP contribution in [0, 0.1) is 13.8 Å². The number of nitrogens with zero attached hydrogens (tertiary/aromatic N) is 2. The summed E-state index contributed by atoms with van der Waals surface area (Å²) in [7, 11) is 5.82. The van der Waals surface area contributed by atoms with Gasteiger partial charge in [0, 0.05) is 32.5 Å². The Kier molecular flexibility index (Phi) is 6.36. The van der Waals surface area contributed by atoms with E-state index in [1.54, 1.807) is 7.11 Å². The summed E-state index contributed by atoms with van der Waals surface area (Å²) in [6.07, 6.45) is 4.55. The Hall–Kier alpha value is -0.870. The van der Waals surface area contributed by atoms with Gasteiger partial charge in [0.25, 0.3) is 0 Å². The molecule has 0 radical (unpaired) electrons. The molecule has 0 saturated heterocycles. The second kappa shape index (κ2) is 7.54. The third-order valence-electron chi connectivity index (χ3n) is 3.71. The molecule has 4 heteroatoms. The summed E-state index contributed by atoms with van der Waals surface area (Å²) in [6, 6.07) is 0.569. The molecule has 1 heterocycles. The molecule has 1 aromatic heterocycles. The molecule has 1 atom stereocenters. The fourth-order valence-electron chi connectivity index (χ4n) is 2.40. The molecule has 104 valence electrons. The molecular weight excluding hydrogens is 226 g/mol. The lowest BCUT2D eigenvalue weighted by atomic mass is 10.0. The molecule has 0 amide bonds. The van der Waals surface area contributed by atoms with Gasteiger partial charge >= 0.3 is 0 Å². The highest BCUT2D eigenvalue weighted by atomic mass is 16.5. The van der Waals surface area contributed by atoms with Gasteiger partial charge in [0.15, 0.2) is 0 Å². The lowest BCUT2D eigenvalue weighted by Gasteiger charge is -2.15. The van der Waals surface area contributed by atoms with Crippen LogP contribution in [0.1, 0.15) is 36.2 Å². The van der Waals surface area contributed by atoms with Crippen molar-refractivity contribution in [3.05, 3.63) is 17.0 Å². The number of aromatic nitrogens is 2. The summed E-state index contributed by atoms with van der Waals surface area (Å²) in [5, 5.41) is 7.86. The first-order valence-corrected chi connectivity index (χ1v) is 6.75. The van der Waals surface area contributed by atoms with Crippen LogP contribution in [0.3, 0.4) is 0 Å². The van der Waals surface area contributed by atoms with E-state index in [2.05, 4.69) is 24.3 Å². The highest BCUT2D eigenvalue weighted by Gasteiger charge is 2.12. The van der Waals surface area contributed by atoms with Gasteiger partial charge in [0.2, 0.25) is 0 Å². The van der Waals surface area contributed by atoms with Crippen LogP contribution in [0.15, 0.2) is 0 Å². The molecule has 0 saturated carbocycles. The number of ether oxygens (including phenoxy) is 1. The predicted molar refractivity (Wildman–Crippen MR) is 75.0 cm³/mol. The Morgan fingerprint density at radius 3 is 2.56 bits per heavy atom. The van der Waals surface area contributed by atoms with Crippen LogP contribution in [0.25, 0.3) is 0 Å². The maximum atomic E-state index is 5.10. The van der Waals surface area contributed by atoms with Gasteiger partial charge in [-0.05, 0) is 52.1 Å². The summed E-state index contributed by atoms with van der Waals surface area (Å²) in [5.41, 5.74) is 3.87.